The van der Waals surface area contributed by atoms with Crippen LogP contribution in [0.25, 0.3) is 17.2 Å². The average molecular weight is 372 g/mol. The number of unbranched alkanes of at least 4 members (excludes halogenated alkanes) is 3. The number of hydrogen-bond donors (Lipinski definition) is 1. The van der Waals surface area contributed by atoms with Crippen molar-refractivity contribution >= 4 is 6.08 Å². The first-order valence-electron chi connectivity index (χ1n) is 9.73. The van der Waals surface area contributed by atoms with Crippen LogP contribution < -0.4 is 5.69 Å². The van der Waals surface area contributed by atoms with Crippen LogP contribution in [-0.2, 0) is 4.74 Å². The highest BCUT2D eigenvalue weighted by Crippen LogP contribution is 2.21. The smallest absolute Gasteiger partial charge is 0.344 e. The van der Waals surface area contributed by atoms with Crippen molar-refractivity contribution < 1.29 is 9.13 Å². The summed E-state index contributed by atoms with van der Waals surface area (Å²) in [6.45, 7) is 5.14. The van der Waals surface area contributed by atoms with Gasteiger partial charge in [0.25, 0.3) is 0 Å². The first kappa shape index (κ1) is 21.0. The quantitative estimate of drug-likeness (QED) is 0.541. The lowest BCUT2D eigenvalue weighted by atomic mass is 10.1. The molecule has 0 aliphatic rings. The molecule has 0 saturated heterocycles. The number of H-pyrrole nitrogens is 1. The third kappa shape index (κ3) is 7.47. The number of aromatic nitrogens is 2. The van der Waals surface area contributed by atoms with E-state index in [0.717, 1.165) is 32.3 Å². The lowest BCUT2D eigenvalue weighted by molar-refractivity contribution is 0.0566. The molecule has 1 aromatic heterocycles. The number of aromatic amines is 1. The monoisotopic (exact) mass is 372 g/mol. The summed E-state index contributed by atoms with van der Waals surface area (Å²) in [5, 5.41) is 0. The number of allylic oxidation sites excluding steroid dienone is 1. The van der Waals surface area contributed by atoms with Gasteiger partial charge < -0.3 is 9.72 Å². The Labute approximate surface area is 160 Å². The zero-order chi connectivity index (χ0) is 19.5. The highest BCUT2D eigenvalue weighted by atomic mass is 19.1. The maximum Gasteiger partial charge on any atom is 0.344 e. The number of rotatable bonds is 11. The molecule has 0 aliphatic heterocycles. The van der Waals surface area contributed by atoms with Crippen LogP contribution in [0, 0.1) is 5.82 Å². The Morgan fingerprint density at radius 2 is 2.11 bits per heavy atom. The molecule has 0 radical (unpaired) electrons. The van der Waals surface area contributed by atoms with E-state index in [2.05, 4.69) is 23.8 Å². The van der Waals surface area contributed by atoms with E-state index in [1.54, 1.807) is 6.07 Å². The SMILES string of the molecule is CCCCCOC(C)CCCC=Cc1ccc(-c2cnc(=O)[nH]c2)cc1F. The van der Waals surface area contributed by atoms with Gasteiger partial charge in [-0.15, -0.1) is 0 Å². The van der Waals surface area contributed by atoms with E-state index in [9.17, 15) is 9.18 Å². The number of halogens is 1. The molecule has 146 valence electrons. The van der Waals surface area contributed by atoms with Crippen LogP contribution in [-0.4, -0.2) is 22.7 Å². The third-order valence-corrected chi connectivity index (χ3v) is 4.43. The molecule has 1 unspecified atom stereocenters. The van der Waals surface area contributed by atoms with Gasteiger partial charge in [-0.05, 0) is 44.2 Å². The summed E-state index contributed by atoms with van der Waals surface area (Å²) in [6, 6.07) is 5.03. The Bertz CT molecular complexity index is 766. The van der Waals surface area contributed by atoms with E-state index in [4.69, 9.17) is 4.74 Å². The van der Waals surface area contributed by atoms with Crippen molar-refractivity contribution in [3.63, 3.8) is 0 Å². The molecule has 2 aromatic rings. The normalized spacial score (nSPS) is 12.6. The highest BCUT2D eigenvalue weighted by Gasteiger charge is 2.04. The average Bonchev–Trinajstić information content (AvgIpc) is 2.66. The summed E-state index contributed by atoms with van der Waals surface area (Å²) in [6.07, 6.45) is 13.6. The predicted molar refractivity (Wildman–Crippen MR) is 108 cm³/mol. The van der Waals surface area contributed by atoms with Crippen LogP contribution in [0.3, 0.4) is 0 Å². The first-order chi connectivity index (χ1) is 13.1. The molecular formula is C22H29FN2O2. The van der Waals surface area contributed by atoms with Crippen molar-refractivity contribution in [2.75, 3.05) is 6.61 Å². The Kier molecular flexibility index (Phi) is 8.92. The summed E-state index contributed by atoms with van der Waals surface area (Å²) in [4.78, 5) is 17.2. The predicted octanol–water partition coefficient (Wildman–Crippen LogP) is 5.35. The van der Waals surface area contributed by atoms with Crippen molar-refractivity contribution in [3.05, 3.63) is 58.5 Å². The maximum atomic E-state index is 14.3. The van der Waals surface area contributed by atoms with Gasteiger partial charge in [0, 0.05) is 30.1 Å². The van der Waals surface area contributed by atoms with E-state index in [1.165, 1.54) is 31.3 Å². The summed E-state index contributed by atoms with van der Waals surface area (Å²) in [5.41, 5.74) is 1.50. The number of hydrogen-bond acceptors (Lipinski definition) is 3. The number of ether oxygens (including phenoxy) is 1. The summed E-state index contributed by atoms with van der Waals surface area (Å²) in [5.74, 6) is -0.289. The fourth-order valence-electron chi connectivity index (χ4n) is 2.80. The first-order valence-corrected chi connectivity index (χ1v) is 9.73. The van der Waals surface area contributed by atoms with E-state index >= 15 is 0 Å². The van der Waals surface area contributed by atoms with Gasteiger partial charge in [-0.2, -0.15) is 0 Å². The van der Waals surface area contributed by atoms with Crippen molar-refractivity contribution in [2.24, 2.45) is 0 Å². The Balaban J connectivity index is 1.78. The largest absolute Gasteiger partial charge is 0.379 e. The van der Waals surface area contributed by atoms with Crippen molar-refractivity contribution in [1.82, 2.24) is 9.97 Å². The molecule has 5 heteroatoms. The molecule has 4 nitrogen and oxygen atoms in total. The lowest BCUT2D eigenvalue weighted by Crippen LogP contribution is -2.08. The molecule has 2 rings (SSSR count). The fourth-order valence-corrected chi connectivity index (χ4v) is 2.80. The summed E-state index contributed by atoms with van der Waals surface area (Å²) < 4.78 is 20.1. The number of benzene rings is 1. The second-order valence-electron chi connectivity index (χ2n) is 6.77. The van der Waals surface area contributed by atoms with Gasteiger partial charge in [0.05, 0.1) is 6.10 Å². The van der Waals surface area contributed by atoms with Crippen molar-refractivity contribution in [1.29, 1.82) is 0 Å². The standard InChI is InChI=1S/C22H29FN2O2/c1-3-4-8-13-27-17(2)9-6-5-7-10-18-11-12-19(14-21(18)23)20-15-24-22(26)25-16-20/h7,10-12,14-17H,3-6,8-9,13H2,1-2H3,(H,24,25,26). The number of nitrogens with one attached hydrogen (secondary N) is 1. The zero-order valence-corrected chi connectivity index (χ0v) is 16.2. The van der Waals surface area contributed by atoms with E-state index in [-0.39, 0.29) is 11.9 Å². The van der Waals surface area contributed by atoms with Crippen LogP contribution in [0.15, 0.2) is 41.5 Å². The summed E-state index contributed by atoms with van der Waals surface area (Å²) >= 11 is 0. The van der Waals surface area contributed by atoms with Crippen LogP contribution in [0.4, 0.5) is 4.39 Å². The van der Waals surface area contributed by atoms with Gasteiger partial charge in [-0.3, -0.25) is 0 Å². The zero-order valence-electron chi connectivity index (χ0n) is 16.2. The van der Waals surface area contributed by atoms with Gasteiger partial charge in [0.15, 0.2) is 0 Å². The number of nitrogens with zero attached hydrogens (tertiary/aromatic N) is 1. The molecule has 0 fully saturated rings. The van der Waals surface area contributed by atoms with Gasteiger partial charge in [-0.25, -0.2) is 14.2 Å². The molecule has 0 bridgehead atoms. The molecule has 27 heavy (non-hydrogen) atoms. The highest BCUT2D eigenvalue weighted by molar-refractivity contribution is 5.64. The van der Waals surface area contributed by atoms with Gasteiger partial charge in [-0.1, -0.05) is 44.1 Å². The second kappa shape index (κ2) is 11.4. The van der Waals surface area contributed by atoms with Gasteiger partial charge in [0.2, 0.25) is 0 Å². The summed E-state index contributed by atoms with van der Waals surface area (Å²) in [7, 11) is 0. The third-order valence-electron chi connectivity index (χ3n) is 4.43. The molecule has 1 N–H and O–H groups in total. The minimum Gasteiger partial charge on any atom is -0.379 e. The van der Waals surface area contributed by atoms with E-state index in [1.807, 2.05) is 18.2 Å². The minimum atomic E-state index is -0.417. The Morgan fingerprint density at radius 1 is 1.26 bits per heavy atom. The Morgan fingerprint density at radius 3 is 2.81 bits per heavy atom. The van der Waals surface area contributed by atoms with Crippen molar-refractivity contribution in [2.45, 2.75) is 58.5 Å². The molecular weight excluding hydrogens is 343 g/mol. The van der Waals surface area contributed by atoms with E-state index < -0.39 is 5.69 Å². The van der Waals surface area contributed by atoms with Crippen molar-refractivity contribution in [3.8, 4) is 11.1 Å². The lowest BCUT2D eigenvalue weighted by Gasteiger charge is -2.12. The van der Waals surface area contributed by atoms with Crippen LogP contribution in [0.5, 0.6) is 0 Å². The van der Waals surface area contributed by atoms with Crippen LogP contribution in [0.1, 0.15) is 57.9 Å². The van der Waals surface area contributed by atoms with E-state index in [0.29, 0.717) is 16.7 Å². The molecule has 0 amide bonds. The van der Waals surface area contributed by atoms with Gasteiger partial charge in [0.1, 0.15) is 5.82 Å². The molecule has 1 heterocycles. The van der Waals surface area contributed by atoms with Crippen LogP contribution >= 0.6 is 0 Å². The van der Waals surface area contributed by atoms with Crippen LogP contribution in [0.2, 0.25) is 0 Å². The maximum absolute atomic E-state index is 14.3. The Hall–Kier alpha value is -2.27. The second-order valence-corrected chi connectivity index (χ2v) is 6.77. The molecule has 1 atom stereocenters. The topological polar surface area (TPSA) is 55.0 Å². The molecule has 0 spiro atoms. The fraction of sp³-hybridized carbons (Fsp3) is 0.455. The molecule has 0 saturated carbocycles. The minimum absolute atomic E-state index is 0.275. The molecule has 0 aliphatic carbocycles. The van der Waals surface area contributed by atoms with Gasteiger partial charge >= 0.3 is 5.69 Å². The molecule has 1 aromatic carbocycles.